The largest absolute Gasteiger partial charge is 0.319 e. The van der Waals surface area contributed by atoms with Gasteiger partial charge in [0.1, 0.15) is 0 Å². The van der Waals surface area contributed by atoms with Gasteiger partial charge in [-0.25, -0.2) is 8.42 Å². The highest BCUT2D eigenvalue weighted by molar-refractivity contribution is 7.89. The lowest BCUT2D eigenvalue weighted by Crippen LogP contribution is -2.35. The van der Waals surface area contributed by atoms with E-state index in [-0.39, 0.29) is 0 Å². The van der Waals surface area contributed by atoms with Crippen LogP contribution in [0, 0.1) is 20.8 Å². The van der Waals surface area contributed by atoms with Crippen LogP contribution in [0.4, 0.5) is 0 Å². The number of fused-ring (bicyclic) bond motifs is 3. The lowest BCUT2D eigenvalue weighted by atomic mass is 10.0. The van der Waals surface area contributed by atoms with E-state index < -0.39 is 16.1 Å². The lowest BCUT2D eigenvalue weighted by molar-refractivity contribution is 0.353. The second-order valence-corrected chi connectivity index (χ2v) is 10.4. The Hall–Kier alpha value is -3.15. The number of sulfonamides is 1. The number of hydrogen-bond donors (Lipinski definition) is 0. The normalized spacial score (nSPS) is 16.3. The van der Waals surface area contributed by atoms with Gasteiger partial charge in [-0.1, -0.05) is 65.7 Å². The maximum absolute atomic E-state index is 14.2. The van der Waals surface area contributed by atoms with Crippen molar-refractivity contribution in [1.29, 1.82) is 0 Å². The highest BCUT2D eigenvalue weighted by Gasteiger charge is 2.38. The minimum absolute atomic E-state index is 0.298. The minimum atomic E-state index is -3.78. The van der Waals surface area contributed by atoms with Crippen LogP contribution in [0.5, 0.6) is 0 Å². The van der Waals surface area contributed by atoms with Crippen molar-refractivity contribution in [3.63, 3.8) is 0 Å². The van der Waals surface area contributed by atoms with E-state index in [1.807, 2.05) is 93.7 Å². The molecule has 0 aliphatic carbocycles. The van der Waals surface area contributed by atoms with E-state index in [0.717, 1.165) is 39.2 Å². The van der Waals surface area contributed by atoms with Crippen LogP contribution in [0.2, 0.25) is 0 Å². The quantitative estimate of drug-likeness (QED) is 0.409. The summed E-state index contributed by atoms with van der Waals surface area (Å²) < 4.78 is 32.1. The van der Waals surface area contributed by atoms with Gasteiger partial charge in [-0.2, -0.15) is 4.31 Å². The van der Waals surface area contributed by atoms with Gasteiger partial charge in [-0.3, -0.25) is 0 Å². The Bertz CT molecular complexity index is 1400. The number of hydrogen-bond acceptors (Lipinski definition) is 2. The maximum Gasteiger partial charge on any atom is 0.244 e. The third-order valence-corrected chi connectivity index (χ3v) is 8.21. The molecule has 2 heterocycles. The molecular weight excluding hydrogens is 416 g/mol. The first-order chi connectivity index (χ1) is 15.4. The molecule has 1 aliphatic rings. The first kappa shape index (κ1) is 20.7. The zero-order valence-electron chi connectivity index (χ0n) is 18.5. The van der Waals surface area contributed by atoms with E-state index in [4.69, 9.17) is 0 Å². The average molecular weight is 443 g/mol. The van der Waals surface area contributed by atoms with Gasteiger partial charge in [-0.05, 0) is 61.7 Å². The van der Waals surface area contributed by atoms with Crippen LogP contribution in [0.15, 0.2) is 90.0 Å². The molecule has 4 aromatic rings. The molecule has 0 fully saturated rings. The standard InChI is InChI=1S/C27H26N2O2S/c1-19-10-13-22(14-11-19)27-25-9-6-16-28(25)24-8-5-4-7-23(24)18-29(27)32(30,31)26-15-12-20(2)17-21(26)3/h4-17,27H,18H2,1-3H3. The molecule has 0 saturated carbocycles. The van der Waals surface area contributed by atoms with E-state index in [1.165, 1.54) is 0 Å². The third kappa shape index (κ3) is 3.38. The summed E-state index contributed by atoms with van der Waals surface area (Å²) >= 11 is 0. The topological polar surface area (TPSA) is 42.3 Å². The summed E-state index contributed by atoms with van der Waals surface area (Å²) in [5, 5.41) is 0. The molecule has 1 atom stereocenters. The molecule has 1 aliphatic heterocycles. The van der Waals surface area contributed by atoms with E-state index in [9.17, 15) is 8.42 Å². The summed E-state index contributed by atoms with van der Waals surface area (Å²) in [5.74, 6) is 0. The van der Waals surface area contributed by atoms with E-state index >= 15 is 0 Å². The van der Waals surface area contributed by atoms with Gasteiger partial charge in [0.05, 0.1) is 10.9 Å². The van der Waals surface area contributed by atoms with Gasteiger partial charge in [0, 0.05) is 24.1 Å². The molecule has 0 radical (unpaired) electrons. The Kier molecular flexibility index (Phi) is 5.03. The fraction of sp³-hybridized carbons (Fsp3) is 0.185. The summed E-state index contributed by atoms with van der Waals surface area (Å²) in [7, 11) is -3.78. The third-order valence-electron chi connectivity index (χ3n) is 6.24. The molecule has 0 spiro atoms. The van der Waals surface area contributed by atoms with Crippen LogP contribution >= 0.6 is 0 Å². The lowest BCUT2D eigenvalue weighted by Gasteiger charge is -2.30. The van der Waals surface area contributed by atoms with Crippen LogP contribution in [0.25, 0.3) is 5.69 Å². The number of para-hydroxylation sites is 1. The zero-order valence-corrected chi connectivity index (χ0v) is 19.3. The van der Waals surface area contributed by atoms with Crippen molar-refractivity contribution in [3.8, 4) is 5.69 Å². The maximum atomic E-state index is 14.2. The summed E-state index contributed by atoms with van der Waals surface area (Å²) in [6.07, 6.45) is 2.02. The van der Waals surface area contributed by atoms with Crippen molar-refractivity contribution in [3.05, 3.63) is 119 Å². The van der Waals surface area contributed by atoms with Crippen molar-refractivity contribution in [2.45, 2.75) is 38.3 Å². The monoisotopic (exact) mass is 442 g/mol. The first-order valence-corrected chi connectivity index (χ1v) is 12.2. The molecular formula is C27H26N2O2S. The Labute approximate surface area is 189 Å². The number of rotatable bonds is 3. The van der Waals surface area contributed by atoms with E-state index in [2.05, 4.69) is 10.6 Å². The van der Waals surface area contributed by atoms with Crippen LogP contribution < -0.4 is 0 Å². The SMILES string of the molecule is Cc1ccc(C2c3cccn3-c3ccccc3CN2S(=O)(=O)c2ccc(C)cc2C)cc1. The highest BCUT2D eigenvalue weighted by atomic mass is 32.2. The number of nitrogens with zero attached hydrogens (tertiary/aromatic N) is 2. The van der Waals surface area contributed by atoms with Gasteiger partial charge in [0.2, 0.25) is 10.0 Å². The van der Waals surface area contributed by atoms with Gasteiger partial charge in [0.15, 0.2) is 0 Å². The van der Waals surface area contributed by atoms with Gasteiger partial charge < -0.3 is 4.57 Å². The molecule has 32 heavy (non-hydrogen) atoms. The van der Waals surface area contributed by atoms with Gasteiger partial charge in [0.25, 0.3) is 0 Å². The molecule has 1 unspecified atom stereocenters. The van der Waals surface area contributed by atoms with Crippen LogP contribution in [-0.4, -0.2) is 17.3 Å². The first-order valence-electron chi connectivity index (χ1n) is 10.8. The molecule has 0 saturated heterocycles. The second-order valence-electron chi connectivity index (χ2n) is 8.56. The van der Waals surface area contributed by atoms with Crippen molar-refractivity contribution in [2.24, 2.45) is 0 Å². The fourth-order valence-electron chi connectivity index (χ4n) is 4.65. The predicted molar refractivity (Wildman–Crippen MR) is 127 cm³/mol. The molecule has 1 aromatic heterocycles. The molecule has 0 N–H and O–H groups in total. The summed E-state index contributed by atoms with van der Waals surface area (Å²) in [4.78, 5) is 0.359. The highest BCUT2D eigenvalue weighted by Crippen LogP contribution is 2.40. The minimum Gasteiger partial charge on any atom is -0.319 e. The average Bonchev–Trinajstić information content (AvgIpc) is 3.18. The molecule has 0 amide bonds. The summed E-state index contributed by atoms with van der Waals surface area (Å²) in [6, 6.07) is 25.3. The molecule has 5 rings (SSSR count). The fourth-order valence-corrected chi connectivity index (χ4v) is 6.42. The second kappa shape index (κ2) is 7.76. The Morgan fingerprint density at radius 2 is 1.53 bits per heavy atom. The Morgan fingerprint density at radius 1 is 0.812 bits per heavy atom. The predicted octanol–water partition coefficient (Wildman–Crippen LogP) is 5.70. The molecule has 3 aromatic carbocycles. The van der Waals surface area contributed by atoms with Gasteiger partial charge >= 0.3 is 0 Å². The molecule has 4 nitrogen and oxygen atoms in total. The van der Waals surface area contributed by atoms with Crippen LogP contribution in [-0.2, 0) is 16.6 Å². The number of aromatic nitrogens is 1. The van der Waals surface area contributed by atoms with Crippen molar-refractivity contribution in [2.75, 3.05) is 0 Å². The van der Waals surface area contributed by atoms with E-state index in [1.54, 1.807) is 10.4 Å². The Balaban J connectivity index is 1.78. The number of aryl methyl sites for hydroxylation is 3. The Morgan fingerprint density at radius 3 is 2.28 bits per heavy atom. The molecule has 5 heteroatoms. The smallest absolute Gasteiger partial charge is 0.244 e. The molecule has 162 valence electrons. The van der Waals surface area contributed by atoms with Crippen molar-refractivity contribution < 1.29 is 8.42 Å². The summed E-state index contributed by atoms with van der Waals surface area (Å²) in [5.41, 5.74) is 6.84. The van der Waals surface area contributed by atoms with Crippen molar-refractivity contribution in [1.82, 2.24) is 8.87 Å². The van der Waals surface area contributed by atoms with Gasteiger partial charge in [-0.15, -0.1) is 0 Å². The van der Waals surface area contributed by atoms with E-state index in [0.29, 0.717) is 11.4 Å². The molecule has 0 bridgehead atoms. The van der Waals surface area contributed by atoms with Crippen LogP contribution in [0.3, 0.4) is 0 Å². The summed E-state index contributed by atoms with van der Waals surface area (Å²) in [6.45, 7) is 6.19. The zero-order chi connectivity index (χ0) is 22.5. The number of benzene rings is 3. The van der Waals surface area contributed by atoms with Crippen molar-refractivity contribution >= 4 is 10.0 Å². The van der Waals surface area contributed by atoms with Crippen LogP contribution in [0.1, 0.15) is 39.6 Å².